The van der Waals surface area contributed by atoms with Crippen molar-refractivity contribution in [2.45, 2.75) is 30.2 Å². The number of aliphatic hydroxyl groups excluding tert-OH is 1. The first kappa shape index (κ1) is 11.6. The maximum Gasteiger partial charge on any atom is 0.242 e. The molecule has 0 spiro atoms. The van der Waals surface area contributed by atoms with Crippen LogP contribution >= 0.6 is 0 Å². The normalized spacial score (nSPS) is 26.1. The van der Waals surface area contributed by atoms with Crippen molar-refractivity contribution in [2.24, 2.45) is 5.92 Å². The molecule has 1 aliphatic rings. The summed E-state index contributed by atoms with van der Waals surface area (Å²) < 4.78 is 26.4. The second-order valence-electron chi connectivity index (χ2n) is 4.15. The predicted molar refractivity (Wildman–Crippen MR) is 59.3 cm³/mol. The highest BCUT2D eigenvalue weighted by Crippen LogP contribution is 2.26. The van der Waals surface area contributed by atoms with Gasteiger partial charge in [-0.25, -0.2) is 13.1 Å². The Hall–Kier alpha value is -0.850. The zero-order valence-electron chi connectivity index (χ0n) is 8.89. The molecule has 0 amide bonds. The average molecular weight is 244 g/mol. The maximum absolute atomic E-state index is 11.9. The van der Waals surface area contributed by atoms with Crippen LogP contribution in [0.25, 0.3) is 0 Å². The van der Waals surface area contributed by atoms with E-state index in [-0.39, 0.29) is 23.5 Å². The lowest BCUT2D eigenvalue weighted by Gasteiger charge is -2.18. The monoisotopic (exact) mass is 244 g/mol. The van der Waals surface area contributed by atoms with Gasteiger partial charge in [0.25, 0.3) is 0 Å². The van der Waals surface area contributed by atoms with Crippen LogP contribution in [0, 0.1) is 5.92 Å². The van der Waals surface area contributed by atoms with E-state index in [1.54, 1.807) is 6.20 Å². The molecule has 0 saturated heterocycles. The van der Waals surface area contributed by atoms with E-state index in [2.05, 4.69) is 9.71 Å². The van der Waals surface area contributed by atoms with Crippen LogP contribution < -0.4 is 4.72 Å². The molecule has 0 aromatic carbocycles. The Morgan fingerprint density at radius 1 is 1.50 bits per heavy atom. The lowest BCUT2D eigenvalue weighted by atomic mass is 10.1. The van der Waals surface area contributed by atoms with Gasteiger partial charge in [-0.2, -0.15) is 0 Å². The van der Waals surface area contributed by atoms with Crippen LogP contribution in [0.5, 0.6) is 0 Å². The Labute approximate surface area is 94.9 Å². The van der Waals surface area contributed by atoms with Gasteiger partial charge in [-0.3, -0.25) is 0 Å². The summed E-state index contributed by atoms with van der Waals surface area (Å²) in [4.78, 5) is 2.96. The molecule has 0 aliphatic heterocycles. The summed E-state index contributed by atoms with van der Waals surface area (Å²) in [5.74, 6) is 0.0497. The highest BCUT2D eigenvalue weighted by molar-refractivity contribution is 7.89. The molecule has 0 bridgehead atoms. The van der Waals surface area contributed by atoms with Crippen molar-refractivity contribution in [3.63, 3.8) is 0 Å². The molecule has 1 aromatic heterocycles. The van der Waals surface area contributed by atoms with E-state index in [4.69, 9.17) is 5.11 Å². The molecule has 1 aliphatic carbocycles. The number of hydrogen-bond donors (Lipinski definition) is 3. The van der Waals surface area contributed by atoms with E-state index in [1.165, 1.54) is 12.3 Å². The number of nitrogens with one attached hydrogen (secondary N) is 2. The molecule has 0 radical (unpaired) electrons. The zero-order chi connectivity index (χ0) is 11.6. The Morgan fingerprint density at radius 3 is 2.94 bits per heavy atom. The van der Waals surface area contributed by atoms with Crippen LogP contribution in [-0.2, 0) is 10.0 Å². The first-order valence-electron chi connectivity index (χ1n) is 5.39. The van der Waals surface area contributed by atoms with Gasteiger partial charge in [0.2, 0.25) is 10.0 Å². The molecule has 90 valence electrons. The van der Waals surface area contributed by atoms with E-state index in [0.717, 1.165) is 19.3 Å². The van der Waals surface area contributed by atoms with Crippen molar-refractivity contribution < 1.29 is 13.5 Å². The van der Waals surface area contributed by atoms with E-state index < -0.39 is 10.0 Å². The molecular formula is C10H16N2O3S. The van der Waals surface area contributed by atoms with Gasteiger partial charge < -0.3 is 10.1 Å². The van der Waals surface area contributed by atoms with Crippen molar-refractivity contribution in [2.75, 3.05) is 6.61 Å². The van der Waals surface area contributed by atoms with Gasteiger partial charge in [0.05, 0.1) is 4.90 Å². The SMILES string of the molecule is O=S(=O)(NC1CCCC1CO)c1cc[nH]c1. The summed E-state index contributed by atoms with van der Waals surface area (Å²) >= 11 is 0. The Morgan fingerprint density at radius 2 is 2.31 bits per heavy atom. The van der Waals surface area contributed by atoms with Gasteiger partial charge in [-0.15, -0.1) is 0 Å². The third kappa shape index (κ3) is 2.28. The third-order valence-electron chi connectivity index (χ3n) is 3.08. The van der Waals surface area contributed by atoms with Crippen LogP contribution in [0.1, 0.15) is 19.3 Å². The van der Waals surface area contributed by atoms with Crippen molar-refractivity contribution in [3.8, 4) is 0 Å². The van der Waals surface area contributed by atoms with Gasteiger partial charge in [0.1, 0.15) is 0 Å². The summed E-state index contributed by atoms with van der Waals surface area (Å²) in [6.45, 7) is 0.0420. The number of aromatic amines is 1. The lowest BCUT2D eigenvalue weighted by Crippen LogP contribution is -2.38. The van der Waals surface area contributed by atoms with Gasteiger partial charge >= 0.3 is 0 Å². The maximum atomic E-state index is 11.9. The first-order chi connectivity index (χ1) is 7.63. The average Bonchev–Trinajstić information content (AvgIpc) is 2.86. The Balaban J connectivity index is 2.10. The van der Waals surface area contributed by atoms with Crippen LogP contribution in [0.15, 0.2) is 23.4 Å². The second kappa shape index (κ2) is 4.57. The number of hydrogen-bond acceptors (Lipinski definition) is 3. The fourth-order valence-corrected chi connectivity index (χ4v) is 3.47. The van der Waals surface area contributed by atoms with E-state index in [1.807, 2.05) is 0 Å². The lowest BCUT2D eigenvalue weighted by molar-refractivity contribution is 0.213. The molecule has 3 N–H and O–H groups in total. The minimum absolute atomic E-state index is 0.0420. The quantitative estimate of drug-likeness (QED) is 0.719. The van der Waals surface area contributed by atoms with E-state index in [9.17, 15) is 8.42 Å². The van der Waals surface area contributed by atoms with Gasteiger partial charge in [0.15, 0.2) is 0 Å². The molecule has 1 saturated carbocycles. The highest BCUT2D eigenvalue weighted by atomic mass is 32.2. The fraction of sp³-hybridized carbons (Fsp3) is 0.600. The van der Waals surface area contributed by atoms with Crippen LogP contribution in [0.4, 0.5) is 0 Å². The Kier molecular flexibility index (Phi) is 3.32. The number of H-pyrrole nitrogens is 1. The zero-order valence-corrected chi connectivity index (χ0v) is 9.70. The van der Waals surface area contributed by atoms with Crippen LogP contribution in [-0.4, -0.2) is 31.2 Å². The molecule has 2 rings (SSSR count). The summed E-state index contributed by atoms with van der Waals surface area (Å²) in [5, 5.41) is 9.12. The molecule has 16 heavy (non-hydrogen) atoms. The summed E-state index contributed by atoms with van der Waals surface area (Å²) in [6.07, 6.45) is 5.68. The van der Waals surface area contributed by atoms with E-state index in [0.29, 0.717) is 0 Å². The number of aliphatic hydroxyl groups is 1. The largest absolute Gasteiger partial charge is 0.396 e. The summed E-state index contributed by atoms with van der Waals surface area (Å²) in [7, 11) is -3.44. The molecule has 5 nitrogen and oxygen atoms in total. The van der Waals surface area contributed by atoms with Crippen molar-refractivity contribution >= 4 is 10.0 Å². The Bertz CT molecular complexity index is 427. The standard InChI is InChI=1S/C10H16N2O3S/c13-7-8-2-1-3-10(8)12-16(14,15)9-4-5-11-6-9/h4-6,8,10-13H,1-3,7H2. The molecule has 1 aromatic rings. The molecule has 2 atom stereocenters. The van der Waals surface area contributed by atoms with Crippen molar-refractivity contribution in [1.82, 2.24) is 9.71 Å². The van der Waals surface area contributed by atoms with Gasteiger partial charge in [-0.05, 0) is 24.8 Å². The van der Waals surface area contributed by atoms with Gasteiger partial charge in [-0.1, -0.05) is 6.42 Å². The first-order valence-corrected chi connectivity index (χ1v) is 6.88. The summed E-state index contributed by atoms with van der Waals surface area (Å²) in [5.41, 5.74) is 0. The molecule has 1 heterocycles. The van der Waals surface area contributed by atoms with Crippen molar-refractivity contribution in [3.05, 3.63) is 18.5 Å². The predicted octanol–water partition coefficient (Wildman–Crippen LogP) is 0.454. The molecule has 1 fully saturated rings. The highest BCUT2D eigenvalue weighted by Gasteiger charge is 2.30. The number of rotatable bonds is 4. The smallest absolute Gasteiger partial charge is 0.242 e. The topological polar surface area (TPSA) is 82.2 Å². The van der Waals surface area contributed by atoms with Crippen LogP contribution in [0.2, 0.25) is 0 Å². The second-order valence-corrected chi connectivity index (χ2v) is 5.86. The van der Waals surface area contributed by atoms with Crippen LogP contribution in [0.3, 0.4) is 0 Å². The fourth-order valence-electron chi connectivity index (χ4n) is 2.15. The number of sulfonamides is 1. The minimum Gasteiger partial charge on any atom is -0.396 e. The molecule has 6 heteroatoms. The van der Waals surface area contributed by atoms with Gasteiger partial charge in [0, 0.05) is 25.0 Å². The minimum atomic E-state index is -3.44. The summed E-state index contributed by atoms with van der Waals surface area (Å²) in [6, 6.07) is 1.38. The number of aromatic nitrogens is 1. The van der Waals surface area contributed by atoms with E-state index >= 15 is 0 Å². The van der Waals surface area contributed by atoms with Crippen molar-refractivity contribution in [1.29, 1.82) is 0 Å². The molecule has 2 unspecified atom stereocenters. The third-order valence-corrected chi connectivity index (χ3v) is 4.57. The molecular weight excluding hydrogens is 228 g/mol.